The predicted octanol–water partition coefficient (Wildman–Crippen LogP) is 3.46. The summed E-state index contributed by atoms with van der Waals surface area (Å²) >= 11 is 6.11. The number of rotatable bonds is 4. The lowest BCUT2D eigenvalue weighted by Gasteiger charge is -2.15. The number of aryl methyl sites for hydroxylation is 2. The second-order valence-corrected chi connectivity index (χ2v) is 5.47. The average molecular weight is 275 g/mol. The molecular formula is C16H19ClN2. The van der Waals surface area contributed by atoms with Crippen molar-refractivity contribution in [2.45, 2.75) is 32.7 Å². The van der Waals surface area contributed by atoms with Crippen LogP contribution >= 0.6 is 11.6 Å². The molecule has 1 atom stereocenters. The third-order valence-electron chi connectivity index (χ3n) is 3.33. The van der Waals surface area contributed by atoms with Crippen molar-refractivity contribution in [3.63, 3.8) is 0 Å². The van der Waals surface area contributed by atoms with E-state index in [0.717, 1.165) is 18.4 Å². The van der Waals surface area contributed by atoms with Crippen LogP contribution in [-0.2, 0) is 12.8 Å². The zero-order valence-corrected chi connectivity index (χ0v) is 12.1. The standard InChI is InChI=1S/C16H19ClN2/c1-11-3-4-12(2)14(7-11)9-15(18)8-13-5-6-19-10-16(13)17/h3-7,10,15H,8-9,18H2,1-2H3. The van der Waals surface area contributed by atoms with E-state index in [0.29, 0.717) is 5.02 Å². The first-order valence-electron chi connectivity index (χ1n) is 6.46. The first kappa shape index (κ1) is 14.0. The molecule has 2 aromatic rings. The van der Waals surface area contributed by atoms with Crippen LogP contribution in [0.5, 0.6) is 0 Å². The molecule has 0 fully saturated rings. The van der Waals surface area contributed by atoms with Gasteiger partial charge in [-0.3, -0.25) is 4.98 Å². The van der Waals surface area contributed by atoms with Gasteiger partial charge in [0.1, 0.15) is 0 Å². The Hall–Kier alpha value is -1.38. The number of hydrogen-bond acceptors (Lipinski definition) is 2. The number of benzene rings is 1. The quantitative estimate of drug-likeness (QED) is 0.927. The van der Waals surface area contributed by atoms with Gasteiger partial charge in [0.05, 0.1) is 5.02 Å². The lowest BCUT2D eigenvalue weighted by Crippen LogP contribution is -2.26. The molecule has 0 radical (unpaired) electrons. The Kier molecular flexibility index (Phi) is 4.56. The Balaban J connectivity index is 2.07. The monoisotopic (exact) mass is 274 g/mol. The molecule has 2 nitrogen and oxygen atoms in total. The maximum atomic E-state index is 6.25. The highest BCUT2D eigenvalue weighted by molar-refractivity contribution is 6.31. The van der Waals surface area contributed by atoms with E-state index in [1.54, 1.807) is 12.4 Å². The minimum atomic E-state index is 0.0698. The summed E-state index contributed by atoms with van der Waals surface area (Å²) in [7, 11) is 0. The van der Waals surface area contributed by atoms with E-state index in [9.17, 15) is 0 Å². The number of halogens is 1. The second kappa shape index (κ2) is 6.18. The van der Waals surface area contributed by atoms with Gasteiger partial charge < -0.3 is 5.73 Å². The Morgan fingerprint density at radius 2 is 1.89 bits per heavy atom. The summed E-state index contributed by atoms with van der Waals surface area (Å²) in [6, 6.07) is 8.50. The number of aromatic nitrogens is 1. The van der Waals surface area contributed by atoms with Gasteiger partial charge in [0.2, 0.25) is 0 Å². The Morgan fingerprint density at radius 1 is 1.16 bits per heavy atom. The van der Waals surface area contributed by atoms with Gasteiger partial charge in [-0.2, -0.15) is 0 Å². The minimum absolute atomic E-state index is 0.0698. The number of pyridine rings is 1. The van der Waals surface area contributed by atoms with Crippen LogP contribution in [0.15, 0.2) is 36.7 Å². The van der Waals surface area contributed by atoms with Gasteiger partial charge in [-0.1, -0.05) is 35.4 Å². The molecule has 2 N–H and O–H groups in total. The Bertz CT molecular complexity index is 566. The molecule has 3 heteroatoms. The molecule has 2 rings (SSSR count). The van der Waals surface area contributed by atoms with E-state index in [1.165, 1.54) is 16.7 Å². The molecule has 0 saturated carbocycles. The third kappa shape index (κ3) is 3.79. The van der Waals surface area contributed by atoms with Crippen molar-refractivity contribution in [3.05, 3.63) is 63.9 Å². The summed E-state index contributed by atoms with van der Waals surface area (Å²) in [5, 5.41) is 0.693. The molecule has 0 amide bonds. The van der Waals surface area contributed by atoms with Crippen molar-refractivity contribution in [1.29, 1.82) is 0 Å². The van der Waals surface area contributed by atoms with E-state index >= 15 is 0 Å². The Labute approximate surface area is 119 Å². The maximum Gasteiger partial charge on any atom is 0.0621 e. The lowest BCUT2D eigenvalue weighted by atomic mass is 9.96. The summed E-state index contributed by atoms with van der Waals surface area (Å²) < 4.78 is 0. The highest BCUT2D eigenvalue weighted by Crippen LogP contribution is 2.18. The van der Waals surface area contributed by atoms with Crippen LogP contribution in [0, 0.1) is 13.8 Å². The van der Waals surface area contributed by atoms with E-state index in [2.05, 4.69) is 37.0 Å². The highest BCUT2D eigenvalue weighted by atomic mass is 35.5. The van der Waals surface area contributed by atoms with Gasteiger partial charge >= 0.3 is 0 Å². The van der Waals surface area contributed by atoms with Gasteiger partial charge in [-0.15, -0.1) is 0 Å². The molecule has 0 aliphatic heterocycles. The molecule has 19 heavy (non-hydrogen) atoms. The topological polar surface area (TPSA) is 38.9 Å². The third-order valence-corrected chi connectivity index (χ3v) is 3.67. The fraction of sp³-hybridized carbons (Fsp3) is 0.312. The smallest absolute Gasteiger partial charge is 0.0621 e. The van der Waals surface area contributed by atoms with Crippen molar-refractivity contribution in [3.8, 4) is 0 Å². The zero-order chi connectivity index (χ0) is 13.8. The minimum Gasteiger partial charge on any atom is -0.327 e. The molecule has 0 saturated heterocycles. The molecule has 1 unspecified atom stereocenters. The molecule has 1 heterocycles. The van der Waals surface area contributed by atoms with Crippen LogP contribution < -0.4 is 5.73 Å². The van der Waals surface area contributed by atoms with Gasteiger partial charge in [0.15, 0.2) is 0 Å². The van der Waals surface area contributed by atoms with Crippen LogP contribution in [0.1, 0.15) is 22.3 Å². The summed E-state index contributed by atoms with van der Waals surface area (Å²) in [4.78, 5) is 3.99. The van der Waals surface area contributed by atoms with Crippen molar-refractivity contribution < 1.29 is 0 Å². The molecule has 1 aromatic carbocycles. The summed E-state index contributed by atoms with van der Waals surface area (Å²) in [6.07, 6.45) is 5.06. The maximum absolute atomic E-state index is 6.25. The first-order valence-corrected chi connectivity index (χ1v) is 6.84. The fourth-order valence-electron chi connectivity index (χ4n) is 2.23. The fourth-order valence-corrected chi connectivity index (χ4v) is 2.42. The normalized spacial score (nSPS) is 12.4. The van der Waals surface area contributed by atoms with E-state index in [-0.39, 0.29) is 6.04 Å². The number of nitrogens with two attached hydrogens (primary N) is 1. The van der Waals surface area contributed by atoms with E-state index < -0.39 is 0 Å². The number of nitrogens with zero attached hydrogens (tertiary/aromatic N) is 1. The molecule has 0 aliphatic carbocycles. The summed E-state index contributed by atoms with van der Waals surface area (Å²) in [6.45, 7) is 4.23. The van der Waals surface area contributed by atoms with Crippen molar-refractivity contribution in [2.75, 3.05) is 0 Å². The van der Waals surface area contributed by atoms with Gasteiger partial charge in [-0.05, 0) is 49.4 Å². The van der Waals surface area contributed by atoms with Gasteiger partial charge in [0.25, 0.3) is 0 Å². The van der Waals surface area contributed by atoms with Gasteiger partial charge in [-0.25, -0.2) is 0 Å². The molecule has 0 spiro atoms. The van der Waals surface area contributed by atoms with Crippen LogP contribution in [0.4, 0.5) is 0 Å². The van der Waals surface area contributed by atoms with Crippen molar-refractivity contribution in [1.82, 2.24) is 4.98 Å². The molecule has 0 bridgehead atoms. The summed E-state index contributed by atoms with van der Waals surface area (Å²) in [5.41, 5.74) is 11.2. The van der Waals surface area contributed by atoms with Gasteiger partial charge in [0, 0.05) is 18.4 Å². The van der Waals surface area contributed by atoms with Crippen LogP contribution in [0.3, 0.4) is 0 Å². The van der Waals surface area contributed by atoms with Crippen LogP contribution in [0.2, 0.25) is 5.02 Å². The van der Waals surface area contributed by atoms with E-state index in [4.69, 9.17) is 17.3 Å². The molecule has 1 aromatic heterocycles. The predicted molar refractivity (Wildman–Crippen MR) is 80.5 cm³/mol. The highest BCUT2D eigenvalue weighted by Gasteiger charge is 2.10. The van der Waals surface area contributed by atoms with Crippen LogP contribution in [-0.4, -0.2) is 11.0 Å². The number of hydrogen-bond donors (Lipinski definition) is 1. The molecular weight excluding hydrogens is 256 g/mol. The zero-order valence-electron chi connectivity index (χ0n) is 11.4. The van der Waals surface area contributed by atoms with Crippen molar-refractivity contribution >= 4 is 11.6 Å². The van der Waals surface area contributed by atoms with E-state index in [1.807, 2.05) is 6.07 Å². The first-order chi connectivity index (χ1) is 9.06. The molecule has 0 aliphatic rings. The summed E-state index contributed by atoms with van der Waals surface area (Å²) in [5.74, 6) is 0. The SMILES string of the molecule is Cc1ccc(C)c(CC(N)Cc2ccncc2Cl)c1. The largest absolute Gasteiger partial charge is 0.327 e. The lowest BCUT2D eigenvalue weighted by molar-refractivity contribution is 0.662. The van der Waals surface area contributed by atoms with Crippen molar-refractivity contribution in [2.24, 2.45) is 5.73 Å². The van der Waals surface area contributed by atoms with Crippen LogP contribution in [0.25, 0.3) is 0 Å². The second-order valence-electron chi connectivity index (χ2n) is 5.07. The Morgan fingerprint density at radius 3 is 2.63 bits per heavy atom. The molecule has 100 valence electrons. The average Bonchev–Trinajstić information content (AvgIpc) is 2.37.